The Morgan fingerprint density at radius 1 is 1.18 bits per heavy atom. The molecule has 1 heterocycles. The van der Waals surface area contributed by atoms with E-state index < -0.39 is 11.2 Å². The Morgan fingerprint density at radius 2 is 1.86 bits per heavy atom. The number of H-pyrrole nitrogens is 2. The lowest BCUT2D eigenvalue weighted by atomic mass is 10.2. The number of unbranched alkanes of at least 4 members (excludes halogenated alkanes) is 2. The number of hydrogen-bond acceptors (Lipinski definition) is 5. The van der Waals surface area contributed by atoms with Crippen molar-refractivity contribution in [2.75, 3.05) is 13.2 Å². The molecule has 0 spiro atoms. The van der Waals surface area contributed by atoms with E-state index in [0.29, 0.717) is 19.4 Å². The summed E-state index contributed by atoms with van der Waals surface area (Å²) < 4.78 is 5.36. The lowest BCUT2D eigenvalue weighted by molar-refractivity contribution is -0.112. The van der Waals surface area contributed by atoms with E-state index in [1.54, 1.807) is 0 Å². The smallest absolute Gasteiger partial charge is 0.328 e. The molecule has 0 saturated carbocycles. The molecular formula is C15H24N2O5. The summed E-state index contributed by atoms with van der Waals surface area (Å²) in [6.45, 7) is 5.78. The van der Waals surface area contributed by atoms with Gasteiger partial charge in [-0.3, -0.25) is 19.6 Å². The zero-order valence-corrected chi connectivity index (χ0v) is 13.3. The number of aliphatic hydroxyl groups is 1. The third-order valence-corrected chi connectivity index (χ3v) is 2.48. The molecule has 0 aliphatic heterocycles. The molecule has 124 valence electrons. The van der Waals surface area contributed by atoms with Crippen molar-refractivity contribution in [3.05, 3.63) is 32.5 Å². The molecule has 0 amide bonds. The Bertz CT molecular complexity index is 586. The minimum Gasteiger partial charge on any atom is -0.478 e. The second-order valence-electron chi connectivity index (χ2n) is 4.23. The van der Waals surface area contributed by atoms with Gasteiger partial charge in [-0.25, -0.2) is 4.79 Å². The fourth-order valence-corrected chi connectivity index (χ4v) is 1.51. The molecule has 0 radical (unpaired) electrons. The van der Waals surface area contributed by atoms with Crippen LogP contribution >= 0.6 is 0 Å². The fourth-order valence-electron chi connectivity index (χ4n) is 1.51. The van der Waals surface area contributed by atoms with Crippen LogP contribution in [0.2, 0.25) is 0 Å². The Kier molecular flexibility index (Phi) is 10.4. The highest BCUT2D eigenvalue weighted by molar-refractivity contribution is 5.91. The molecule has 1 rings (SSSR count). The minimum atomic E-state index is -0.666. The molecule has 7 heteroatoms. The van der Waals surface area contributed by atoms with E-state index in [4.69, 9.17) is 9.84 Å². The van der Waals surface area contributed by atoms with Gasteiger partial charge in [-0.05, 0) is 38.3 Å². The van der Waals surface area contributed by atoms with Crippen molar-refractivity contribution in [1.29, 1.82) is 0 Å². The summed E-state index contributed by atoms with van der Waals surface area (Å²) in [5.41, 5.74) is -1.18. The van der Waals surface area contributed by atoms with Crippen LogP contribution < -0.4 is 16.0 Å². The van der Waals surface area contributed by atoms with Gasteiger partial charge in [-0.15, -0.1) is 0 Å². The second kappa shape index (κ2) is 11.5. The first-order chi connectivity index (χ1) is 10.5. The van der Waals surface area contributed by atoms with Crippen molar-refractivity contribution < 1.29 is 14.6 Å². The first kappa shape index (κ1) is 19.9. The number of aliphatic hydroxyl groups excluding tert-OH is 1. The number of hydrogen-bond donors (Lipinski definition) is 3. The van der Waals surface area contributed by atoms with E-state index in [1.807, 2.05) is 13.8 Å². The standard InChI is InChI=1S/C13H18N2O5.C2H6/c1-9(17)5-6-10-11(18)14-13(19)15-12(10)20-8-4-2-3-7-16;1-2/h5-6,16H,2-4,7-8H2,1H3,(H2,14,15,18,19);1-2H3/b6-5+;. The molecule has 7 nitrogen and oxygen atoms in total. The van der Waals surface area contributed by atoms with Gasteiger partial charge in [0.2, 0.25) is 5.88 Å². The van der Waals surface area contributed by atoms with Crippen molar-refractivity contribution in [1.82, 2.24) is 9.97 Å². The molecule has 0 bridgehead atoms. The highest BCUT2D eigenvalue weighted by Gasteiger charge is 2.08. The quantitative estimate of drug-likeness (QED) is 0.494. The highest BCUT2D eigenvalue weighted by Crippen LogP contribution is 2.11. The van der Waals surface area contributed by atoms with Crippen LogP contribution in [-0.4, -0.2) is 34.1 Å². The van der Waals surface area contributed by atoms with E-state index in [1.165, 1.54) is 19.1 Å². The summed E-state index contributed by atoms with van der Waals surface area (Å²) in [5, 5.41) is 8.65. The number of carbonyl (C=O) groups excluding carboxylic acids is 1. The SMILES string of the molecule is CC.CC(=O)/C=C/c1c(OCCCCCO)[nH]c(=O)[nH]c1=O. The van der Waals surface area contributed by atoms with E-state index in [-0.39, 0.29) is 23.8 Å². The molecule has 0 unspecified atom stereocenters. The molecule has 0 saturated heterocycles. The van der Waals surface area contributed by atoms with Crippen molar-refractivity contribution in [3.8, 4) is 5.88 Å². The number of ether oxygens (including phenoxy) is 1. The fraction of sp³-hybridized carbons (Fsp3) is 0.533. The molecule has 1 aromatic heterocycles. The van der Waals surface area contributed by atoms with Gasteiger partial charge < -0.3 is 9.84 Å². The number of aromatic nitrogens is 2. The summed E-state index contributed by atoms with van der Waals surface area (Å²) in [6, 6.07) is 0. The molecule has 3 N–H and O–H groups in total. The molecule has 0 fully saturated rings. The van der Waals surface area contributed by atoms with Gasteiger partial charge in [0, 0.05) is 6.61 Å². The lowest BCUT2D eigenvalue weighted by Crippen LogP contribution is -2.25. The third-order valence-electron chi connectivity index (χ3n) is 2.48. The lowest BCUT2D eigenvalue weighted by Gasteiger charge is -2.07. The molecule has 0 aliphatic rings. The maximum absolute atomic E-state index is 11.7. The highest BCUT2D eigenvalue weighted by atomic mass is 16.5. The van der Waals surface area contributed by atoms with Crippen LogP contribution in [0.4, 0.5) is 0 Å². The Balaban J connectivity index is 0.00000211. The van der Waals surface area contributed by atoms with E-state index in [0.717, 1.165) is 6.42 Å². The molecule has 0 atom stereocenters. The van der Waals surface area contributed by atoms with Gasteiger partial charge in [0.15, 0.2) is 5.78 Å². The zero-order valence-electron chi connectivity index (χ0n) is 13.3. The summed E-state index contributed by atoms with van der Waals surface area (Å²) in [6.07, 6.45) is 4.67. The average Bonchev–Trinajstić information content (AvgIpc) is 2.47. The largest absolute Gasteiger partial charge is 0.478 e. The van der Waals surface area contributed by atoms with Gasteiger partial charge >= 0.3 is 5.69 Å². The van der Waals surface area contributed by atoms with Gasteiger partial charge in [-0.2, -0.15) is 0 Å². The van der Waals surface area contributed by atoms with E-state index in [2.05, 4.69) is 9.97 Å². The van der Waals surface area contributed by atoms with Gasteiger partial charge in [0.25, 0.3) is 5.56 Å². The predicted molar refractivity (Wildman–Crippen MR) is 85.2 cm³/mol. The van der Waals surface area contributed by atoms with Crippen LogP contribution in [0, 0.1) is 0 Å². The number of ketones is 1. The Morgan fingerprint density at radius 3 is 2.45 bits per heavy atom. The summed E-state index contributed by atoms with van der Waals surface area (Å²) in [7, 11) is 0. The monoisotopic (exact) mass is 312 g/mol. The van der Waals surface area contributed by atoms with Crippen LogP contribution in [0.15, 0.2) is 15.7 Å². The molecule has 1 aromatic rings. The minimum absolute atomic E-state index is 0.0419. The Labute approximate surface area is 129 Å². The zero-order chi connectivity index (χ0) is 17.0. The van der Waals surface area contributed by atoms with Crippen molar-refractivity contribution in [3.63, 3.8) is 0 Å². The molecular weight excluding hydrogens is 288 g/mol. The number of nitrogens with one attached hydrogen (secondary N) is 2. The molecule has 22 heavy (non-hydrogen) atoms. The first-order valence-corrected chi connectivity index (χ1v) is 7.33. The third kappa shape index (κ3) is 7.58. The topological polar surface area (TPSA) is 112 Å². The normalized spacial score (nSPS) is 10.2. The summed E-state index contributed by atoms with van der Waals surface area (Å²) >= 11 is 0. The van der Waals surface area contributed by atoms with E-state index in [9.17, 15) is 14.4 Å². The number of carbonyl (C=O) groups is 1. The average molecular weight is 312 g/mol. The number of aromatic amines is 2. The number of allylic oxidation sites excluding steroid dienone is 1. The second-order valence-corrected chi connectivity index (χ2v) is 4.23. The molecule has 0 aromatic carbocycles. The summed E-state index contributed by atoms with van der Waals surface area (Å²) in [4.78, 5) is 38.2. The van der Waals surface area contributed by atoms with Gasteiger partial charge in [0.05, 0.1) is 6.61 Å². The first-order valence-electron chi connectivity index (χ1n) is 7.33. The van der Waals surface area contributed by atoms with Crippen molar-refractivity contribution >= 4 is 11.9 Å². The van der Waals surface area contributed by atoms with Crippen LogP contribution in [0.3, 0.4) is 0 Å². The van der Waals surface area contributed by atoms with Crippen molar-refractivity contribution in [2.45, 2.75) is 40.0 Å². The maximum atomic E-state index is 11.7. The van der Waals surface area contributed by atoms with Crippen LogP contribution in [0.25, 0.3) is 6.08 Å². The van der Waals surface area contributed by atoms with Crippen LogP contribution in [0.5, 0.6) is 5.88 Å². The molecule has 0 aliphatic carbocycles. The van der Waals surface area contributed by atoms with Crippen LogP contribution in [-0.2, 0) is 4.79 Å². The number of rotatable bonds is 8. The summed E-state index contributed by atoms with van der Waals surface area (Å²) in [5.74, 6) is -0.176. The van der Waals surface area contributed by atoms with Gasteiger partial charge in [-0.1, -0.05) is 13.8 Å². The van der Waals surface area contributed by atoms with E-state index >= 15 is 0 Å². The maximum Gasteiger partial charge on any atom is 0.328 e. The Hall–Kier alpha value is -2.15. The van der Waals surface area contributed by atoms with Gasteiger partial charge in [0.1, 0.15) is 5.56 Å². The van der Waals surface area contributed by atoms with Crippen molar-refractivity contribution in [2.24, 2.45) is 0 Å². The van der Waals surface area contributed by atoms with Crippen LogP contribution in [0.1, 0.15) is 45.6 Å². The predicted octanol–water partition coefficient (Wildman–Crippen LogP) is 1.23.